The minimum atomic E-state index is -4.35. The molecule has 0 spiro atoms. The number of anilines is 1. The molecule has 1 aromatic heterocycles. The summed E-state index contributed by atoms with van der Waals surface area (Å²) in [5, 5.41) is 6.54. The Kier molecular flexibility index (Phi) is 5.75. The van der Waals surface area contributed by atoms with Crippen molar-refractivity contribution in [3.63, 3.8) is 0 Å². The Morgan fingerprint density at radius 3 is 2.31 bits per heavy atom. The average molecular weight is 369 g/mol. The van der Waals surface area contributed by atoms with E-state index in [1.165, 1.54) is 12.1 Å². The van der Waals surface area contributed by atoms with Gasteiger partial charge in [0.05, 0.1) is 17.8 Å². The second-order valence-electron chi connectivity index (χ2n) is 7.24. The predicted molar refractivity (Wildman–Crippen MR) is 91.6 cm³/mol. The van der Waals surface area contributed by atoms with Crippen LogP contribution in [0.5, 0.6) is 0 Å². The van der Waals surface area contributed by atoms with Crippen molar-refractivity contribution in [3.05, 3.63) is 47.2 Å². The summed E-state index contributed by atoms with van der Waals surface area (Å²) in [6.45, 7) is 6.35. The van der Waals surface area contributed by atoms with Crippen molar-refractivity contribution >= 4 is 11.8 Å². The number of amides is 1. The van der Waals surface area contributed by atoms with Crippen molar-refractivity contribution in [2.45, 2.75) is 38.9 Å². The van der Waals surface area contributed by atoms with Crippen LogP contribution in [0, 0.1) is 0 Å². The molecule has 0 radical (unpaired) electrons. The van der Waals surface area contributed by atoms with E-state index in [1.54, 1.807) is 18.0 Å². The van der Waals surface area contributed by atoms with Gasteiger partial charge in [-0.25, -0.2) is 0 Å². The van der Waals surface area contributed by atoms with Gasteiger partial charge in [0.2, 0.25) is 11.8 Å². The maximum atomic E-state index is 12.6. The van der Waals surface area contributed by atoms with Gasteiger partial charge in [0, 0.05) is 18.0 Å². The third-order valence-electron chi connectivity index (χ3n) is 3.69. The van der Waals surface area contributed by atoms with E-state index in [4.69, 9.17) is 4.52 Å². The van der Waals surface area contributed by atoms with Gasteiger partial charge < -0.3 is 4.52 Å². The molecule has 8 heteroatoms. The number of hydrogen-bond acceptors (Lipinski definition) is 4. The number of alkyl halides is 3. The normalized spacial score (nSPS) is 12.5. The number of halogens is 3. The van der Waals surface area contributed by atoms with Crippen LogP contribution in [0.15, 0.2) is 34.9 Å². The fraction of sp³-hybridized carbons (Fsp3) is 0.444. The summed E-state index contributed by atoms with van der Waals surface area (Å²) in [6, 6.07) is 6.55. The maximum Gasteiger partial charge on any atom is 0.416 e. The van der Waals surface area contributed by atoms with Crippen LogP contribution in [0.25, 0.3) is 0 Å². The molecular formula is C18H22F3N3O2. The lowest BCUT2D eigenvalue weighted by atomic mass is 9.92. The van der Waals surface area contributed by atoms with Crippen LogP contribution in [0.4, 0.5) is 19.1 Å². The summed E-state index contributed by atoms with van der Waals surface area (Å²) in [7, 11) is 1.71. The zero-order valence-corrected chi connectivity index (χ0v) is 15.1. The molecule has 5 nitrogen and oxygen atoms in total. The van der Waals surface area contributed by atoms with Crippen LogP contribution in [0.3, 0.4) is 0 Å². The molecule has 1 heterocycles. The third kappa shape index (κ3) is 5.59. The lowest BCUT2D eigenvalue weighted by molar-refractivity contribution is -0.137. The van der Waals surface area contributed by atoms with Gasteiger partial charge in [-0.1, -0.05) is 38.1 Å². The number of rotatable bonds is 5. The van der Waals surface area contributed by atoms with E-state index in [0.717, 1.165) is 17.8 Å². The highest BCUT2D eigenvalue weighted by Gasteiger charge is 2.30. The highest BCUT2D eigenvalue weighted by atomic mass is 19.4. The highest BCUT2D eigenvalue weighted by Crippen LogP contribution is 2.29. The Hall–Kier alpha value is -2.35. The van der Waals surface area contributed by atoms with Crippen LogP contribution >= 0.6 is 0 Å². The number of carbonyl (C=O) groups is 1. The van der Waals surface area contributed by atoms with Crippen molar-refractivity contribution in [2.75, 3.05) is 18.9 Å². The SMILES string of the molecule is CN(CC(=O)Nc1cc(C(C)(C)C)no1)Cc1ccc(C(F)(F)F)cc1. The van der Waals surface area contributed by atoms with Crippen LogP contribution in [-0.4, -0.2) is 29.6 Å². The summed E-state index contributed by atoms with van der Waals surface area (Å²) in [5.74, 6) is -0.0288. The van der Waals surface area contributed by atoms with Crippen LogP contribution in [-0.2, 0) is 22.9 Å². The van der Waals surface area contributed by atoms with E-state index in [1.807, 2.05) is 20.8 Å². The zero-order valence-electron chi connectivity index (χ0n) is 15.1. The number of likely N-dealkylation sites (N-methyl/N-ethyl adjacent to an activating group) is 1. The molecule has 26 heavy (non-hydrogen) atoms. The van der Waals surface area contributed by atoms with Crippen molar-refractivity contribution in [1.82, 2.24) is 10.1 Å². The Labute approximate surface area is 150 Å². The second-order valence-corrected chi connectivity index (χ2v) is 7.24. The molecule has 2 aromatic rings. The number of nitrogens with one attached hydrogen (secondary N) is 1. The van der Waals surface area contributed by atoms with Crippen molar-refractivity contribution in [2.24, 2.45) is 0 Å². The average Bonchev–Trinajstić information content (AvgIpc) is 2.95. The summed E-state index contributed by atoms with van der Waals surface area (Å²) < 4.78 is 42.8. The Bertz CT molecular complexity index is 746. The molecule has 0 aliphatic carbocycles. The van der Waals surface area contributed by atoms with Crippen LogP contribution in [0.2, 0.25) is 0 Å². The van der Waals surface area contributed by atoms with E-state index < -0.39 is 11.7 Å². The fourth-order valence-corrected chi connectivity index (χ4v) is 2.28. The molecule has 0 fully saturated rings. The monoisotopic (exact) mass is 369 g/mol. The number of hydrogen-bond donors (Lipinski definition) is 1. The molecule has 1 N–H and O–H groups in total. The molecule has 0 aliphatic rings. The molecule has 2 rings (SSSR count). The summed E-state index contributed by atoms with van der Waals surface area (Å²) in [6.07, 6.45) is -4.35. The number of benzene rings is 1. The van der Waals surface area contributed by atoms with Crippen molar-refractivity contribution in [1.29, 1.82) is 0 Å². The van der Waals surface area contributed by atoms with E-state index in [0.29, 0.717) is 12.1 Å². The summed E-state index contributed by atoms with van der Waals surface area (Å²) in [4.78, 5) is 13.8. The predicted octanol–water partition coefficient (Wildman–Crippen LogP) is 4.06. The van der Waals surface area contributed by atoms with Gasteiger partial charge in [0.1, 0.15) is 0 Å². The van der Waals surface area contributed by atoms with E-state index >= 15 is 0 Å². The molecule has 0 bridgehead atoms. The number of nitrogens with zero attached hydrogens (tertiary/aromatic N) is 2. The molecule has 142 valence electrons. The lowest BCUT2D eigenvalue weighted by Gasteiger charge is -2.16. The van der Waals surface area contributed by atoms with Crippen molar-refractivity contribution < 1.29 is 22.5 Å². The van der Waals surface area contributed by atoms with E-state index in [2.05, 4.69) is 10.5 Å². The first-order valence-electron chi connectivity index (χ1n) is 8.07. The van der Waals surface area contributed by atoms with Gasteiger partial charge in [-0.3, -0.25) is 15.0 Å². The largest absolute Gasteiger partial charge is 0.416 e. The van der Waals surface area contributed by atoms with Crippen LogP contribution < -0.4 is 5.32 Å². The minimum absolute atomic E-state index is 0.0621. The number of carbonyl (C=O) groups excluding carboxylic acids is 1. The molecule has 0 aliphatic heterocycles. The molecule has 0 saturated carbocycles. The molecular weight excluding hydrogens is 347 g/mol. The molecule has 0 atom stereocenters. The smallest absolute Gasteiger partial charge is 0.338 e. The van der Waals surface area contributed by atoms with Gasteiger partial charge in [-0.05, 0) is 24.7 Å². The van der Waals surface area contributed by atoms with Gasteiger partial charge in [0.15, 0.2) is 0 Å². The highest BCUT2D eigenvalue weighted by molar-refractivity contribution is 5.90. The zero-order chi connectivity index (χ0) is 19.5. The lowest BCUT2D eigenvalue weighted by Crippen LogP contribution is -2.29. The summed E-state index contributed by atoms with van der Waals surface area (Å²) in [5.41, 5.74) is 0.529. The molecule has 0 saturated heterocycles. The van der Waals surface area contributed by atoms with Crippen LogP contribution in [0.1, 0.15) is 37.6 Å². The minimum Gasteiger partial charge on any atom is -0.338 e. The van der Waals surface area contributed by atoms with Gasteiger partial charge in [-0.2, -0.15) is 13.2 Å². The topological polar surface area (TPSA) is 58.4 Å². The fourth-order valence-electron chi connectivity index (χ4n) is 2.28. The molecule has 1 aromatic carbocycles. The quantitative estimate of drug-likeness (QED) is 0.863. The standard InChI is InChI=1S/C18H22F3N3O2/c1-17(2,3)14-9-16(26-23-14)22-15(25)11-24(4)10-12-5-7-13(8-6-12)18(19,20)21/h5-9H,10-11H2,1-4H3,(H,22,25). The Morgan fingerprint density at radius 2 is 1.81 bits per heavy atom. The maximum absolute atomic E-state index is 12.6. The Morgan fingerprint density at radius 1 is 1.19 bits per heavy atom. The van der Waals surface area contributed by atoms with E-state index in [-0.39, 0.29) is 23.8 Å². The molecule has 0 unspecified atom stereocenters. The first-order valence-corrected chi connectivity index (χ1v) is 8.07. The third-order valence-corrected chi connectivity index (χ3v) is 3.69. The van der Waals surface area contributed by atoms with Gasteiger partial charge in [0.25, 0.3) is 0 Å². The first kappa shape index (κ1) is 20.0. The molecule has 1 amide bonds. The summed E-state index contributed by atoms with van der Waals surface area (Å²) >= 11 is 0. The first-order chi connectivity index (χ1) is 11.9. The van der Waals surface area contributed by atoms with Gasteiger partial charge in [-0.15, -0.1) is 0 Å². The van der Waals surface area contributed by atoms with Gasteiger partial charge >= 0.3 is 6.18 Å². The second kappa shape index (κ2) is 7.49. The Balaban J connectivity index is 1.88. The number of aromatic nitrogens is 1. The van der Waals surface area contributed by atoms with Crippen molar-refractivity contribution in [3.8, 4) is 0 Å². The van der Waals surface area contributed by atoms with E-state index in [9.17, 15) is 18.0 Å².